The quantitative estimate of drug-likeness (QED) is 0.251. The van der Waals surface area contributed by atoms with Crippen molar-refractivity contribution in [2.24, 2.45) is 0 Å². The highest BCUT2D eigenvalue weighted by atomic mass is 16.3. The highest BCUT2D eigenvalue weighted by Gasteiger charge is 2.09. The Bertz CT molecular complexity index is 399. The predicted molar refractivity (Wildman–Crippen MR) is 113 cm³/mol. The predicted octanol–water partition coefficient (Wildman–Crippen LogP) is 5.85. The number of carbonyl (C=O) groups excluding carboxylic acids is 1. The number of rotatable bonds is 17. The van der Waals surface area contributed by atoms with Crippen LogP contribution in [0.3, 0.4) is 0 Å². The van der Waals surface area contributed by atoms with E-state index in [0.29, 0.717) is 6.42 Å². The van der Waals surface area contributed by atoms with Crippen molar-refractivity contribution in [3.63, 3.8) is 0 Å². The fourth-order valence-electron chi connectivity index (χ4n) is 2.76. The molecule has 0 aromatic carbocycles. The number of aliphatic hydroxyl groups excluding tert-OH is 1. The van der Waals surface area contributed by atoms with Crippen molar-refractivity contribution in [2.45, 2.75) is 96.9 Å². The van der Waals surface area contributed by atoms with E-state index in [0.717, 1.165) is 51.4 Å². The van der Waals surface area contributed by atoms with Crippen molar-refractivity contribution in [1.29, 1.82) is 0 Å². The van der Waals surface area contributed by atoms with Crippen molar-refractivity contribution >= 4 is 5.91 Å². The molecule has 0 aliphatic rings. The molecule has 1 amide bonds. The van der Waals surface area contributed by atoms with Crippen LogP contribution in [-0.2, 0) is 4.79 Å². The third-order valence-corrected chi connectivity index (χ3v) is 4.28. The molecule has 0 unspecified atom stereocenters. The maximum absolute atomic E-state index is 11.8. The van der Waals surface area contributed by atoms with E-state index in [4.69, 9.17) is 0 Å². The summed E-state index contributed by atoms with van der Waals surface area (Å²) in [6.07, 6.45) is 25.9. The van der Waals surface area contributed by atoms with E-state index in [2.05, 4.69) is 55.6 Å². The highest BCUT2D eigenvalue weighted by molar-refractivity contribution is 5.76. The number of carbonyl (C=O) groups is 1. The van der Waals surface area contributed by atoms with Gasteiger partial charge in [-0.05, 0) is 44.9 Å². The van der Waals surface area contributed by atoms with Gasteiger partial charge in [0, 0.05) is 6.42 Å². The zero-order valence-corrected chi connectivity index (χ0v) is 17.1. The topological polar surface area (TPSA) is 49.3 Å². The Morgan fingerprint density at radius 1 is 0.885 bits per heavy atom. The molecule has 26 heavy (non-hydrogen) atoms. The zero-order chi connectivity index (χ0) is 19.3. The Morgan fingerprint density at radius 3 is 2.15 bits per heavy atom. The molecule has 0 bridgehead atoms. The third kappa shape index (κ3) is 17.5. The van der Waals surface area contributed by atoms with E-state index in [9.17, 15) is 9.90 Å². The molecule has 0 aliphatic carbocycles. The van der Waals surface area contributed by atoms with Gasteiger partial charge in [-0.15, -0.1) is 0 Å². The van der Waals surface area contributed by atoms with E-state index in [-0.39, 0.29) is 18.6 Å². The van der Waals surface area contributed by atoms with Crippen LogP contribution in [0.2, 0.25) is 0 Å². The van der Waals surface area contributed by atoms with Crippen molar-refractivity contribution in [2.75, 3.05) is 6.61 Å². The zero-order valence-electron chi connectivity index (χ0n) is 17.1. The van der Waals surface area contributed by atoms with E-state index in [1.165, 1.54) is 19.3 Å². The molecule has 0 aromatic heterocycles. The molecule has 0 fully saturated rings. The number of hydrogen-bond acceptors (Lipinski definition) is 2. The first-order chi connectivity index (χ1) is 12.7. The number of unbranched alkanes of at least 4 members (excludes halogenated alkanes) is 5. The van der Waals surface area contributed by atoms with Crippen molar-refractivity contribution in [3.8, 4) is 0 Å². The Morgan fingerprint density at radius 2 is 1.50 bits per heavy atom. The average Bonchev–Trinajstić information content (AvgIpc) is 2.64. The average molecular weight is 364 g/mol. The van der Waals surface area contributed by atoms with Gasteiger partial charge in [0.05, 0.1) is 12.6 Å². The summed E-state index contributed by atoms with van der Waals surface area (Å²) < 4.78 is 0. The summed E-state index contributed by atoms with van der Waals surface area (Å²) >= 11 is 0. The molecule has 3 heteroatoms. The monoisotopic (exact) mass is 363 g/mol. The highest BCUT2D eigenvalue weighted by Crippen LogP contribution is 2.08. The SMILES string of the molecule is CC/C=C\C/C=C\C/C=C\CCCCCCCC(=O)N[C@@H](CO)CCC. The maximum Gasteiger partial charge on any atom is 0.220 e. The van der Waals surface area contributed by atoms with E-state index in [1.54, 1.807) is 0 Å². The summed E-state index contributed by atoms with van der Waals surface area (Å²) in [5.74, 6) is 0.0821. The van der Waals surface area contributed by atoms with Gasteiger partial charge in [-0.3, -0.25) is 4.79 Å². The number of allylic oxidation sites excluding steroid dienone is 6. The molecular formula is C23H41NO2. The van der Waals surface area contributed by atoms with E-state index >= 15 is 0 Å². The van der Waals surface area contributed by atoms with Crippen molar-refractivity contribution in [1.82, 2.24) is 5.32 Å². The normalized spacial score (nSPS) is 13.2. The molecule has 2 N–H and O–H groups in total. The standard InChI is InChI=1S/C23H41NO2/c1-3-5-6-7-8-9-10-11-12-13-14-15-16-17-18-20-23(26)24-22(21-25)19-4-2/h5-6,8-9,11-12,22,25H,3-4,7,10,13-21H2,1-2H3,(H,24,26)/b6-5-,9-8-,12-11-/t22-/m1/s1. The molecule has 0 aliphatic heterocycles. The van der Waals surface area contributed by atoms with Crippen LogP contribution >= 0.6 is 0 Å². The van der Waals surface area contributed by atoms with Crippen LogP contribution in [0.25, 0.3) is 0 Å². The van der Waals surface area contributed by atoms with Crippen LogP contribution in [0.15, 0.2) is 36.5 Å². The lowest BCUT2D eigenvalue weighted by molar-refractivity contribution is -0.122. The lowest BCUT2D eigenvalue weighted by atomic mass is 10.1. The molecule has 0 radical (unpaired) electrons. The largest absolute Gasteiger partial charge is 0.394 e. The lowest BCUT2D eigenvalue weighted by Crippen LogP contribution is -2.37. The fraction of sp³-hybridized carbons (Fsp3) is 0.696. The summed E-state index contributed by atoms with van der Waals surface area (Å²) in [6.45, 7) is 4.26. The molecule has 0 saturated heterocycles. The van der Waals surface area contributed by atoms with Gasteiger partial charge in [-0.2, -0.15) is 0 Å². The number of nitrogens with one attached hydrogen (secondary N) is 1. The fourth-order valence-corrected chi connectivity index (χ4v) is 2.76. The van der Waals surface area contributed by atoms with Gasteiger partial charge < -0.3 is 10.4 Å². The molecule has 0 heterocycles. The van der Waals surface area contributed by atoms with E-state index in [1.807, 2.05) is 0 Å². The van der Waals surface area contributed by atoms with Gasteiger partial charge in [-0.25, -0.2) is 0 Å². The van der Waals surface area contributed by atoms with Gasteiger partial charge in [0.25, 0.3) is 0 Å². The molecule has 3 nitrogen and oxygen atoms in total. The molecule has 1 atom stereocenters. The lowest BCUT2D eigenvalue weighted by Gasteiger charge is -2.15. The minimum absolute atomic E-state index is 0.0405. The van der Waals surface area contributed by atoms with Crippen molar-refractivity contribution in [3.05, 3.63) is 36.5 Å². The smallest absolute Gasteiger partial charge is 0.220 e. The van der Waals surface area contributed by atoms with Crippen LogP contribution in [0, 0.1) is 0 Å². The summed E-state index contributed by atoms with van der Waals surface area (Å²) in [6, 6.07) is -0.0677. The minimum atomic E-state index is -0.0677. The Balaban J connectivity index is 3.44. The Labute approximate surface area is 161 Å². The van der Waals surface area contributed by atoms with Gasteiger partial charge in [-0.1, -0.05) is 76.0 Å². The first-order valence-electron chi connectivity index (χ1n) is 10.6. The van der Waals surface area contributed by atoms with Crippen LogP contribution in [0.5, 0.6) is 0 Å². The summed E-state index contributed by atoms with van der Waals surface area (Å²) in [7, 11) is 0. The molecule has 0 saturated carbocycles. The van der Waals surface area contributed by atoms with Crippen LogP contribution < -0.4 is 5.32 Å². The van der Waals surface area contributed by atoms with Crippen molar-refractivity contribution < 1.29 is 9.90 Å². The summed E-state index contributed by atoms with van der Waals surface area (Å²) in [5.41, 5.74) is 0. The second kappa shape index (κ2) is 20.0. The summed E-state index contributed by atoms with van der Waals surface area (Å²) in [5, 5.41) is 12.1. The van der Waals surface area contributed by atoms with Crippen LogP contribution in [0.1, 0.15) is 90.9 Å². The maximum atomic E-state index is 11.8. The third-order valence-electron chi connectivity index (χ3n) is 4.28. The molecular weight excluding hydrogens is 322 g/mol. The number of hydrogen-bond donors (Lipinski definition) is 2. The first kappa shape index (κ1) is 24.7. The van der Waals surface area contributed by atoms with Gasteiger partial charge in [0.2, 0.25) is 5.91 Å². The summed E-state index contributed by atoms with van der Waals surface area (Å²) in [4.78, 5) is 11.8. The molecule has 0 aromatic rings. The molecule has 150 valence electrons. The first-order valence-corrected chi connectivity index (χ1v) is 10.6. The number of aliphatic hydroxyl groups is 1. The Hall–Kier alpha value is -1.35. The van der Waals surface area contributed by atoms with Crippen LogP contribution in [0.4, 0.5) is 0 Å². The van der Waals surface area contributed by atoms with Gasteiger partial charge >= 0.3 is 0 Å². The second-order valence-corrected chi connectivity index (χ2v) is 6.84. The van der Waals surface area contributed by atoms with Gasteiger partial charge in [0.15, 0.2) is 0 Å². The Kier molecular flexibility index (Phi) is 18.9. The van der Waals surface area contributed by atoms with Crippen LogP contribution in [-0.4, -0.2) is 23.7 Å². The second-order valence-electron chi connectivity index (χ2n) is 6.84. The minimum Gasteiger partial charge on any atom is -0.394 e. The van der Waals surface area contributed by atoms with Gasteiger partial charge in [0.1, 0.15) is 0 Å². The molecule has 0 spiro atoms. The van der Waals surface area contributed by atoms with E-state index < -0.39 is 0 Å². The molecule has 0 rings (SSSR count). The number of amides is 1.